The molecular weight excluding hydrogens is 284 g/mol. The van der Waals surface area contributed by atoms with Crippen molar-refractivity contribution in [3.8, 4) is 6.07 Å². The summed E-state index contributed by atoms with van der Waals surface area (Å²) in [4.78, 5) is 0. The fourth-order valence-electron chi connectivity index (χ4n) is 2.20. The second-order valence-corrected chi connectivity index (χ2v) is 5.92. The average molecular weight is 307 g/mol. The van der Waals surface area contributed by atoms with Gasteiger partial charge in [0.15, 0.2) is 5.90 Å². The number of nitrogens with zero attached hydrogens (tertiary/aromatic N) is 1. The van der Waals surface area contributed by atoms with Gasteiger partial charge >= 0.3 is 0 Å². The second-order valence-electron chi connectivity index (χ2n) is 5.54. The first kappa shape index (κ1) is 17.5. The molecule has 1 aromatic carbocycles. The molecule has 0 fully saturated rings. The molecule has 0 amide bonds. The molecule has 1 unspecified atom stereocenters. The molecule has 0 aromatic heterocycles. The van der Waals surface area contributed by atoms with Gasteiger partial charge in [-0.25, -0.2) is 0 Å². The molecule has 0 radical (unpaired) electrons. The van der Waals surface area contributed by atoms with Crippen LogP contribution < -0.4 is 0 Å². The van der Waals surface area contributed by atoms with Crippen LogP contribution in [-0.2, 0) is 10.2 Å². The van der Waals surface area contributed by atoms with Crippen molar-refractivity contribution >= 4 is 17.5 Å². The lowest BCUT2D eigenvalue weighted by Crippen LogP contribution is -2.18. The summed E-state index contributed by atoms with van der Waals surface area (Å²) in [5.74, 6) is 0.743. The van der Waals surface area contributed by atoms with Crippen molar-refractivity contribution in [2.24, 2.45) is 0 Å². The standard InChI is InChI=1S/C17H23ClN2O/c1-4-21-16(20)15(9-6-10-18)13-7-5-8-14(11-13)17(2,3)12-19/h5,7-8,11,15,20H,4,6,9-10H2,1-3H3. The van der Waals surface area contributed by atoms with Gasteiger partial charge < -0.3 is 4.74 Å². The molecule has 1 atom stereocenters. The Hall–Kier alpha value is -1.53. The number of alkyl halides is 1. The van der Waals surface area contributed by atoms with E-state index in [1.807, 2.05) is 45.0 Å². The number of halogens is 1. The summed E-state index contributed by atoms with van der Waals surface area (Å²) in [5.41, 5.74) is 1.43. The summed E-state index contributed by atoms with van der Waals surface area (Å²) in [5, 5.41) is 17.4. The molecule has 3 nitrogen and oxygen atoms in total. The lowest BCUT2D eigenvalue weighted by atomic mass is 9.83. The minimum Gasteiger partial charge on any atom is -0.481 e. The lowest BCUT2D eigenvalue weighted by Gasteiger charge is -2.21. The Morgan fingerprint density at radius 2 is 2.19 bits per heavy atom. The third kappa shape index (κ3) is 4.75. The first-order valence-electron chi connectivity index (χ1n) is 7.25. The highest BCUT2D eigenvalue weighted by Crippen LogP contribution is 2.29. The molecule has 0 saturated carbocycles. The van der Waals surface area contributed by atoms with E-state index < -0.39 is 5.41 Å². The third-order valence-electron chi connectivity index (χ3n) is 3.53. The molecule has 4 heteroatoms. The normalized spacial score (nSPS) is 12.5. The monoisotopic (exact) mass is 306 g/mol. The van der Waals surface area contributed by atoms with Crippen molar-refractivity contribution in [2.75, 3.05) is 12.5 Å². The summed E-state index contributed by atoms with van der Waals surface area (Å²) < 4.78 is 5.38. The van der Waals surface area contributed by atoms with E-state index in [0.717, 1.165) is 24.0 Å². The van der Waals surface area contributed by atoms with Crippen LogP contribution in [0.4, 0.5) is 0 Å². The Morgan fingerprint density at radius 3 is 2.76 bits per heavy atom. The van der Waals surface area contributed by atoms with Crippen LogP contribution in [0.2, 0.25) is 0 Å². The molecule has 114 valence electrons. The van der Waals surface area contributed by atoms with E-state index in [4.69, 9.17) is 21.7 Å². The van der Waals surface area contributed by atoms with Gasteiger partial charge in [0, 0.05) is 5.88 Å². The van der Waals surface area contributed by atoms with Crippen LogP contribution in [0.25, 0.3) is 0 Å². The first-order valence-corrected chi connectivity index (χ1v) is 7.78. The zero-order valence-corrected chi connectivity index (χ0v) is 13.7. The van der Waals surface area contributed by atoms with Crippen LogP contribution >= 0.6 is 11.6 Å². The zero-order chi connectivity index (χ0) is 15.9. The minimum absolute atomic E-state index is 0.0989. The number of hydrogen-bond donors (Lipinski definition) is 1. The Labute approximate surface area is 132 Å². The third-order valence-corrected chi connectivity index (χ3v) is 3.80. The Kier molecular flexibility index (Phi) is 6.71. The van der Waals surface area contributed by atoms with Crippen LogP contribution in [0.3, 0.4) is 0 Å². The molecule has 21 heavy (non-hydrogen) atoms. The molecule has 0 aliphatic carbocycles. The lowest BCUT2D eigenvalue weighted by molar-refractivity contribution is 0.305. The predicted molar refractivity (Wildman–Crippen MR) is 87.1 cm³/mol. The van der Waals surface area contributed by atoms with Gasteiger partial charge in [0.1, 0.15) is 0 Å². The van der Waals surface area contributed by atoms with E-state index in [1.54, 1.807) is 0 Å². The Bertz CT molecular complexity index is 520. The predicted octanol–water partition coefficient (Wildman–Crippen LogP) is 4.60. The average Bonchev–Trinajstić information content (AvgIpc) is 2.48. The summed E-state index contributed by atoms with van der Waals surface area (Å²) in [6.07, 6.45) is 1.60. The maximum atomic E-state index is 9.28. The van der Waals surface area contributed by atoms with Crippen LogP contribution in [0, 0.1) is 16.7 Å². The van der Waals surface area contributed by atoms with Crippen molar-refractivity contribution in [1.29, 1.82) is 10.7 Å². The molecule has 0 bridgehead atoms. The van der Waals surface area contributed by atoms with Gasteiger partial charge in [-0.05, 0) is 44.7 Å². The van der Waals surface area contributed by atoms with Crippen LogP contribution in [-0.4, -0.2) is 18.4 Å². The van der Waals surface area contributed by atoms with E-state index in [-0.39, 0.29) is 11.8 Å². The maximum Gasteiger partial charge on any atom is 0.188 e. The number of benzene rings is 1. The Balaban J connectivity index is 3.10. The smallest absolute Gasteiger partial charge is 0.188 e. The number of nitrogens with one attached hydrogen (secondary N) is 1. The van der Waals surface area contributed by atoms with Gasteiger partial charge in [0.25, 0.3) is 0 Å². The molecular formula is C17H23ClN2O. The summed E-state index contributed by atoms with van der Waals surface area (Å²) in [7, 11) is 0. The van der Waals surface area contributed by atoms with Gasteiger partial charge in [0.05, 0.1) is 24.0 Å². The van der Waals surface area contributed by atoms with Crippen molar-refractivity contribution in [2.45, 2.75) is 44.9 Å². The SMILES string of the molecule is CCOC(=N)C(CCCCl)c1cccc(C(C)(C)C#N)c1. The number of hydrogen-bond acceptors (Lipinski definition) is 3. The summed E-state index contributed by atoms with van der Waals surface area (Å²) in [6.45, 7) is 6.16. The highest BCUT2D eigenvalue weighted by molar-refractivity contribution is 6.17. The summed E-state index contributed by atoms with van der Waals surface area (Å²) in [6, 6.07) is 10.2. The van der Waals surface area contributed by atoms with Crippen LogP contribution in [0.5, 0.6) is 0 Å². The van der Waals surface area contributed by atoms with Gasteiger partial charge in [-0.2, -0.15) is 5.26 Å². The molecule has 0 aliphatic heterocycles. The molecule has 1 aromatic rings. The Morgan fingerprint density at radius 1 is 1.48 bits per heavy atom. The van der Waals surface area contributed by atoms with Gasteiger partial charge in [0.2, 0.25) is 0 Å². The summed E-state index contributed by atoms with van der Waals surface area (Å²) >= 11 is 5.79. The first-order chi connectivity index (χ1) is 9.96. The van der Waals surface area contributed by atoms with E-state index in [2.05, 4.69) is 6.07 Å². The molecule has 0 aliphatic rings. The fourth-order valence-corrected chi connectivity index (χ4v) is 2.35. The zero-order valence-electron chi connectivity index (χ0n) is 12.9. The fraction of sp³-hybridized carbons (Fsp3) is 0.529. The second kappa shape index (κ2) is 8.05. The molecule has 1 rings (SSSR count). The van der Waals surface area contributed by atoms with Crippen molar-refractivity contribution < 1.29 is 4.74 Å². The highest BCUT2D eigenvalue weighted by atomic mass is 35.5. The minimum atomic E-state index is -0.541. The van der Waals surface area contributed by atoms with E-state index in [9.17, 15) is 5.26 Å². The van der Waals surface area contributed by atoms with E-state index >= 15 is 0 Å². The maximum absolute atomic E-state index is 9.28. The van der Waals surface area contributed by atoms with Crippen molar-refractivity contribution in [1.82, 2.24) is 0 Å². The van der Waals surface area contributed by atoms with Crippen LogP contribution in [0.1, 0.15) is 50.7 Å². The van der Waals surface area contributed by atoms with Crippen LogP contribution in [0.15, 0.2) is 24.3 Å². The number of ether oxygens (including phenoxy) is 1. The van der Waals surface area contributed by atoms with E-state index in [0.29, 0.717) is 12.5 Å². The quantitative estimate of drug-likeness (QED) is 0.454. The highest BCUT2D eigenvalue weighted by Gasteiger charge is 2.23. The van der Waals surface area contributed by atoms with E-state index in [1.165, 1.54) is 0 Å². The number of nitriles is 1. The molecule has 0 heterocycles. The number of rotatable bonds is 7. The molecule has 1 N–H and O–H groups in total. The van der Waals surface area contributed by atoms with Crippen molar-refractivity contribution in [3.05, 3.63) is 35.4 Å². The topological polar surface area (TPSA) is 56.9 Å². The molecule has 0 saturated heterocycles. The van der Waals surface area contributed by atoms with Gasteiger partial charge in [-0.15, -0.1) is 11.6 Å². The van der Waals surface area contributed by atoms with Gasteiger partial charge in [-0.3, -0.25) is 5.41 Å². The van der Waals surface area contributed by atoms with Gasteiger partial charge in [-0.1, -0.05) is 24.3 Å². The largest absolute Gasteiger partial charge is 0.481 e. The molecule has 0 spiro atoms. The van der Waals surface area contributed by atoms with Crippen molar-refractivity contribution in [3.63, 3.8) is 0 Å².